The Morgan fingerprint density at radius 1 is 1.12 bits per heavy atom. The summed E-state index contributed by atoms with van der Waals surface area (Å²) in [6, 6.07) is 13.6. The Bertz CT molecular complexity index is 792. The maximum Gasteiger partial charge on any atom is 0.282 e. The van der Waals surface area contributed by atoms with E-state index in [1.54, 1.807) is 0 Å². The van der Waals surface area contributed by atoms with E-state index < -0.39 is 0 Å². The first-order valence-electron chi connectivity index (χ1n) is 8.78. The summed E-state index contributed by atoms with van der Waals surface area (Å²) in [5.41, 5.74) is 2.71. The smallest absolute Gasteiger partial charge is 0.282 e. The van der Waals surface area contributed by atoms with Gasteiger partial charge in [0.25, 0.3) is 11.8 Å². The van der Waals surface area contributed by atoms with Gasteiger partial charge in [-0.3, -0.25) is 9.59 Å². The van der Waals surface area contributed by atoms with Gasteiger partial charge in [0.1, 0.15) is 5.82 Å². The van der Waals surface area contributed by atoms with Crippen LogP contribution >= 0.6 is 0 Å². The van der Waals surface area contributed by atoms with Crippen molar-refractivity contribution in [2.75, 3.05) is 36.9 Å². The first-order valence-corrected chi connectivity index (χ1v) is 8.78. The van der Waals surface area contributed by atoms with Crippen LogP contribution in [0, 0.1) is 5.82 Å². The van der Waals surface area contributed by atoms with Gasteiger partial charge in [-0.05, 0) is 48.7 Å². The fraction of sp³-hybridized carbons (Fsp3) is 0.300. The Labute approximate surface area is 152 Å². The molecular weight excluding hydrogens is 333 g/mol. The number of rotatable bonds is 5. The van der Waals surface area contributed by atoms with Crippen molar-refractivity contribution in [2.24, 2.45) is 0 Å². The molecule has 0 saturated heterocycles. The lowest BCUT2D eigenvalue weighted by Gasteiger charge is -2.29. The molecule has 5 nitrogen and oxygen atoms in total. The topological polar surface area (TPSA) is 53.9 Å². The van der Waals surface area contributed by atoms with E-state index in [0.29, 0.717) is 12.2 Å². The Hall–Kier alpha value is -2.73. The molecule has 0 spiro atoms. The largest absolute Gasteiger partial charge is 0.322 e. The Morgan fingerprint density at radius 2 is 1.85 bits per heavy atom. The molecule has 1 atom stereocenters. The average Bonchev–Trinajstić information content (AvgIpc) is 2.63. The zero-order chi connectivity index (χ0) is 18.5. The number of carbonyl (C=O) groups is 2. The summed E-state index contributed by atoms with van der Waals surface area (Å²) in [7, 11) is 1.82. The number of fused-ring (bicyclic) bond motifs is 1. The van der Waals surface area contributed by atoms with Crippen LogP contribution < -0.4 is 15.1 Å². The minimum atomic E-state index is -0.349. The minimum absolute atomic E-state index is 0.0178. The lowest BCUT2D eigenvalue weighted by Crippen LogP contribution is -3.11. The molecule has 26 heavy (non-hydrogen) atoms. The molecule has 1 heterocycles. The van der Waals surface area contributed by atoms with Crippen LogP contribution in [0.5, 0.6) is 0 Å². The summed E-state index contributed by atoms with van der Waals surface area (Å²) >= 11 is 0. The normalized spacial score (nSPS) is 14.5. The lowest BCUT2D eigenvalue weighted by molar-refractivity contribution is -0.862. The molecule has 0 bridgehead atoms. The van der Waals surface area contributed by atoms with Crippen molar-refractivity contribution in [3.8, 4) is 0 Å². The maximum absolute atomic E-state index is 12.9. The number of benzene rings is 2. The lowest BCUT2D eigenvalue weighted by atomic mass is 10.0. The second-order valence-corrected chi connectivity index (χ2v) is 6.64. The highest BCUT2D eigenvalue weighted by Crippen LogP contribution is 2.26. The fourth-order valence-corrected chi connectivity index (χ4v) is 3.22. The van der Waals surface area contributed by atoms with Crippen LogP contribution in [-0.4, -0.2) is 38.5 Å². The van der Waals surface area contributed by atoms with Crippen molar-refractivity contribution in [2.45, 2.75) is 12.8 Å². The van der Waals surface area contributed by atoms with Crippen molar-refractivity contribution in [1.82, 2.24) is 0 Å². The summed E-state index contributed by atoms with van der Waals surface area (Å²) in [5, 5.41) is 2.72. The van der Waals surface area contributed by atoms with E-state index in [4.69, 9.17) is 0 Å². The fourth-order valence-electron chi connectivity index (χ4n) is 3.22. The van der Waals surface area contributed by atoms with Gasteiger partial charge >= 0.3 is 0 Å². The third-order valence-electron chi connectivity index (χ3n) is 4.45. The molecule has 2 amide bonds. The van der Waals surface area contributed by atoms with Crippen LogP contribution in [0.1, 0.15) is 12.0 Å². The predicted octanol–water partition coefficient (Wildman–Crippen LogP) is 1.26. The molecule has 2 aromatic carbocycles. The molecule has 3 rings (SSSR count). The van der Waals surface area contributed by atoms with E-state index in [2.05, 4.69) is 11.4 Å². The van der Waals surface area contributed by atoms with Gasteiger partial charge in [-0.25, -0.2) is 4.39 Å². The summed E-state index contributed by atoms with van der Waals surface area (Å²) in [6.45, 7) is 1.12. The number of nitrogens with one attached hydrogen (secondary N) is 2. The molecule has 1 aliphatic heterocycles. The van der Waals surface area contributed by atoms with Crippen LogP contribution in [0.25, 0.3) is 0 Å². The van der Waals surface area contributed by atoms with E-state index in [1.807, 2.05) is 30.1 Å². The number of hydrogen-bond donors (Lipinski definition) is 2. The molecule has 0 radical (unpaired) electrons. The van der Waals surface area contributed by atoms with E-state index in [9.17, 15) is 14.0 Å². The van der Waals surface area contributed by atoms with E-state index >= 15 is 0 Å². The number of hydrogen-bond acceptors (Lipinski definition) is 2. The van der Waals surface area contributed by atoms with Crippen LogP contribution in [0.2, 0.25) is 0 Å². The Balaban J connectivity index is 1.54. The number of anilines is 2. The zero-order valence-electron chi connectivity index (χ0n) is 14.8. The van der Waals surface area contributed by atoms with Crippen molar-refractivity contribution >= 4 is 23.2 Å². The second kappa shape index (κ2) is 8.10. The van der Waals surface area contributed by atoms with Gasteiger partial charge in [0.05, 0.1) is 7.05 Å². The number of carbonyl (C=O) groups excluding carboxylic acids is 2. The third kappa shape index (κ3) is 4.46. The molecule has 6 heteroatoms. The van der Waals surface area contributed by atoms with Gasteiger partial charge in [0.15, 0.2) is 13.1 Å². The van der Waals surface area contributed by atoms with Crippen LogP contribution in [-0.2, 0) is 16.0 Å². The first-order chi connectivity index (χ1) is 12.5. The summed E-state index contributed by atoms with van der Waals surface area (Å²) in [5.74, 6) is -0.539. The van der Waals surface area contributed by atoms with Crippen LogP contribution in [0.15, 0.2) is 48.5 Å². The Morgan fingerprint density at radius 3 is 2.62 bits per heavy atom. The number of nitrogens with zero attached hydrogens (tertiary/aromatic N) is 1. The number of para-hydroxylation sites is 1. The Kier molecular flexibility index (Phi) is 5.63. The molecule has 2 aromatic rings. The van der Waals surface area contributed by atoms with Crippen molar-refractivity contribution < 1.29 is 18.9 Å². The van der Waals surface area contributed by atoms with E-state index in [1.165, 1.54) is 29.8 Å². The molecule has 0 aliphatic carbocycles. The van der Waals surface area contributed by atoms with Gasteiger partial charge in [-0.1, -0.05) is 18.2 Å². The van der Waals surface area contributed by atoms with Gasteiger partial charge in [0, 0.05) is 17.9 Å². The number of amides is 2. The van der Waals surface area contributed by atoms with Crippen molar-refractivity contribution in [3.05, 3.63) is 59.9 Å². The van der Waals surface area contributed by atoms with Gasteiger partial charge < -0.3 is 15.1 Å². The van der Waals surface area contributed by atoms with Crippen molar-refractivity contribution in [3.63, 3.8) is 0 Å². The molecule has 0 saturated carbocycles. The predicted molar refractivity (Wildman–Crippen MR) is 98.8 cm³/mol. The minimum Gasteiger partial charge on any atom is -0.322 e. The number of likely N-dealkylation sites (N-methyl/N-ethyl adjacent to an activating group) is 1. The number of aryl methyl sites for hydroxylation is 1. The summed E-state index contributed by atoms with van der Waals surface area (Å²) in [6.07, 6.45) is 1.94. The quantitative estimate of drug-likeness (QED) is 0.848. The zero-order valence-corrected chi connectivity index (χ0v) is 14.8. The standard InChI is InChI=1S/C20H22FN3O2/c1-23(13-19(25)22-17-10-8-16(21)9-11-17)14-20(26)24-12-4-6-15-5-2-3-7-18(15)24/h2-3,5,7-11H,4,6,12-14H2,1H3,(H,22,25)/p+1. The van der Waals surface area contributed by atoms with Crippen LogP contribution in [0.3, 0.4) is 0 Å². The van der Waals surface area contributed by atoms with Gasteiger partial charge in [-0.15, -0.1) is 0 Å². The summed E-state index contributed by atoms with van der Waals surface area (Å²) < 4.78 is 12.9. The third-order valence-corrected chi connectivity index (χ3v) is 4.45. The molecule has 136 valence electrons. The highest BCUT2D eigenvalue weighted by Gasteiger charge is 2.25. The van der Waals surface area contributed by atoms with Crippen LogP contribution in [0.4, 0.5) is 15.8 Å². The SMILES string of the molecule is C[NH+](CC(=O)Nc1ccc(F)cc1)CC(=O)N1CCCc2ccccc21. The summed E-state index contributed by atoms with van der Waals surface area (Å²) in [4.78, 5) is 27.4. The van der Waals surface area contributed by atoms with Gasteiger partial charge in [-0.2, -0.15) is 0 Å². The highest BCUT2D eigenvalue weighted by molar-refractivity contribution is 5.95. The maximum atomic E-state index is 12.9. The first kappa shape index (κ1) is 18.1. The monoisotopic (exact) mass is 356 g/mol. The molecule has 2 N–H and O–H groups in total. The highest BCUT2D eigenvalue weighted by atomic mass is 19.1. The molecular formula is C20H23FN3O2+. The van der Waals surface area contributed by atoms with Gasteiger partial charge in [0.2, 0.25) is 0 Å². The average molecular weight is 356 g/mol. The van der Waals surface area contributed by atoms with E-state index in [0.717, 1.165) is 23.4 Å². The second-order valence-electron chi connectivity index (χ2n) is 6.64. The molecule has 0 aromatic heterocycles. The van der Waals surface area contributed by atoms with Crippen molar-refractivity contribution in [1.29, 1.82) is 0 Å². The molecule has 1 aliphatic rings. The van der Waals surface area contributed by atoms with E-state index in [-0.39, 0.29) is 30.7 Å². The molecule has 0 fully saturated rings. The molecule has 1 unspecified atom stereocenters. The number of quaternary nitrogens is 1. The number of halogens is 1.